The number of anilines is 1. The van der Waals surface area contributed by atoms with Gasteiger partial charge in [-0.1, -0.05) is 18.1 Å². The number of nitrogens with two attached hydrogens (primary N) is 1. The predicted octanol–water partition coefficient (Wildman–Crippen LogP) is 3.25. The minimum absolute atomic E-state index is 0.0557. The number of fused-ring (bicyclic) bond motifs is 1. The average Bonchev–Trinajstić information content (AvgIpc) is 3.23. The van der Waals surface area contributed by atoms with Crippen LogP contribution in [0.25, 0.3) is 0 Å². The van der Waals surface area contributed by atoms with Gasteiger partial charge in [-0.2, -0.15) is 0 Å². The first-order valence-electron chi connectivity index (χ1n) is 8.91. The number of carboxylic acids is 1. The van der Waals surface area contributed by atoms with Crippen LogP contribution in [0.3, 0.4) is 0 Å². The van der Waals surface area contributed by atoms with Crippen molar-refractivity contribution in [3.05, 3.63) is 33.9 Å². The van der Waals surface area contributed by atoms with Crippen molar-refractivity contribution >= 4 is 17.6 Å². The van der Waals surface area contributed by atoms with Crippen LogP contribution in [-0.2, 0) is 22.6 Å². The van der Waals surface area contributed by atoms with Crippen LogP contribution in [0, 0.1) is 18.8 Å². The molecule has 26 heavy (non-hydrogen) atoms. The zero-order valence-corrected chi connectivity index (χ0v) is 15.4. The Labute approximate surface area is 153 Å². The van der Waals surface area contributed by atoms with Crippen LogP contribution in [0.5, 0.6) is 5.75 Å². The average molecular weight is 359 g/mol. The van der Waals surface area contributed by atoms with E-state index in [0.29, 0.717) is 23.4 Å². The molecule has 0 amide bonds. The van der Waals surface area contributed by atoms with E-state index in [-0.39, 0.29) is 18.4 Å². The fourth-order valence-corrected chi connectivity index (χ4v) is 4.30. The van der Waals surface area contributed by atoms with E-state index in [9.17, 15) is 14.7 Å². The number of methoxy groups -OCH3 is 1. The van der Waals surface area contributed by atoms with Gasteiger partial charge < -0.3 is 20.3 Å². The lowest BCUT2D eigenvalue weighted by molar-refractivity contribution is -0.142. The molecule has 0 saturated heterocycles. The number of benzene rings is 1. The summed E-state index contributed by atoms with van der Waals surface area (Å²) in [5.41, 5.74) is 10.6. The number of nitrogen functional groups attached to an aromatic ring is 1. The number of aliphatic carboxylic acids is 1. The van der Waals surface area contributed by atoms with Gasteiger partial charge >= 0.3 is 11.9 Å². The van der Waals surface area contributed by atoms with Crippen molar-refractivity contribution in [2.45, 2.75) is 46.1 Å². The second kappa shape index (κ2) is 7.02. The number of allylic oxidation sites excluding steroid dienone is 2. The van der Waals surface area contributed by atoms with Crippen molar-refractivity contribution < 1.29 is 24.2 Å². The number of hydrogen-bond acceptors (Lipinski definition) is 5. The summed E-state index contributed by atoms with van der Waals surface area (Å²) in [4.78, 5) is 23.5. The Morgan fingerprint density at radius 3 is 2.73 bits per heavy atom. The monoisotopic (exact) mass is 359 g/mol. The first-order chi connectivity index (χ1) is 12.4. The van der Waals surface area contributed by atoms with Crippen molar-refractivity contribution in [3.8, 4) is 5.75 Å². The normalized spacial score (nSPS) is 22.3. The highest BCUT2D eigenvalue weighted by Crippen LogP contribution is 2.41. The Hall–Kier alpha value is -2.50. The number of ether oxygens (including phenoxy) is 2. The molecule has 2 aliphatic rings. The summed E-state index contributed by atoms with van der Waals surface area (Å²) >= 11 is 0. The molecule has 3 N–H and O–H groups in total. The molecule has 2 atom stereocenters. The first-order valence-corrected chi connectivity index (χ1v) is 8.91. The SMILES string of the molecule is COc1c(C)c2c(c(N)c1C/C=C(\C)C1CCCC1C(=O)O)C(=O)OC2. The van der Waals surface area contributed by atoms with E-state index in [0.717, 1.165) is 41.5 Å². The van der Waals surface area contributed by atoms with Crippen LogP contribution < -0.4 is 10.5 Å². The lowest BCUT2D eigenvalue weighted by atomic mass is 9.88. The highest BCUT2D eigenvalue weighted by Gasteiger charge is 2.34. The van der Waals surface area contributed by atoms with E-state index in [1.54, 1.807) is 7.11 Å². The van der Waals surface area contributed by atoms with Crippen molar-refractivity contribution in [1.29, 1.82) is 0 Å². The van der Waals surface area contributed by atoms with Crippen LogP contribution in [0.15, 0.2) is 11.6 Å². The van der Waals surface area contributed by atoms with E-state index in [2.05, 4.69) is 0 Å². The van der Waals surface area contributed by atoms with Crippen molar-refractivity contribution in [1.82, 2.24) is 0 Å². The molecule has 1 aromatic rings. The fourth-order valence-electron chi connectivity index (χ4n) is 4.30. The van der Waals surface area contributed by atoms with Crippen LogP contribution in [0.1, 0.15) is 53.2 Å². The Morgan fingerprint density at radius 2 is 2.08 bits per heavy atom. The summed E-state index contributed by atoms with van der Waals surface area (Å²) in [6, 6.07) is 0. The van der Waals surface area contributed by atoms with E-state index < -0.39 is 11.9 Å². The summed E-state index contributed by atoms with van der Waals surface area (Å²) in [6.07, 6.45) is 5.06. The van der Waals surface area contributed by atoms with E-state index >= 15 is 0 Å². The first kappa shape index (κ1) is 18.3. The maximum atomic E-state index is 12.0. The minimum Gasteiger partial charge on any atom is -0.496 e. The zero-order chi connectivity index (χ0) is 19.0. The number of esters is 1. The lowest BCUT2D eigenvalue weighted by Crippen LogP contribution is -2.19. The molecule has 140 valence electrons. The lowest BCUT2D eigenvalue weighted by Gasteiger charge is -2.19. The molecule has 6 heteroatoms. The Kier molecular flexibility index (Phi) is 4.94. The van der Waals surface area contributed by atoms with Gasteiger partial charge in [0.15, 0.2) is 0 Å². The number of cyclic esters (lactones) is 1. The van der Waals surface area contributed by atoms with Gasteiger partial charge in [0.2, 0.25) is 0 Å². The maximum absolute atomic E-state index is 12.0. The molecule has 1 aliphatic carbocycles. The van der Waals surface area contributed by atoms with Crippen LogP contribution in [0.2, 0.25) is 0 Å². The third kappa shape index (κ3) is 2.93. The van der Waals surface area contributed by atoms with Gasteiger partial charge in [0.05, 0.1) is 24.3 Å². The molecule has 0 aromatic heterocycles. The molecule has 0 radical (unpaired) electrons. The second-order valence-electron chi connectivity index (χ2n) is 7.11. The van der Waals surface area contributed by atoms with Crippen molar-refractivity contribution in [2.24, 2.45) is 11.8 Å². The van der Waals surface area contributed by atoms with Gasteiger partial charge in [-0.05, 0) is 44.6 Å². The largest absolute Gasteiger partial charge is 0.496 e. The van der Waals surface area contributed by atoms with E-state index in [1.807, 2.05) is 19.9 Å². The number of carboxylic acid groups (broad SMARTS) is 1. The molecule has 1 heterocycles. The molecule has 1 aromatic carbocycles. The summed E-state index contributed by atoms with van der Waals surface area (Å²) in [5, 5.41) is 9.40. The molecule has 0 spiro atoms. The predicted molar refractivity (Wildman–Crippen MR) is 97.2 cm³/mol. The van der Waals surface area contributed by atoms with Gasteiger partial charge in [0, 0.05) is 11.1 Å². The molecule has 2 unspecified atom stereocenters. The molecule has 1 fully saturated rings. The van der Waals surface area contributed by atoms with Crippen LogP contribution >= 0.6 is 0 Å². The maximum Gasteiger partial charge on any atom is 0.341 e. The van der Waals surface area contributed by atoms with Gasteiger partial charge in [-0.15, -0.1) is 0 Å². The minimum atomic E-state index is -0.728. The van der Waals surface area contributed by atoms with Crippen molar-refractivity contribution in [3.63, 3.8) is 0 Å². The standard InChI is InChI=1S/C20H25NO5/c1-10(12-5-4-6-13(12)19(22)23)7-8-14-17(21)16-15(9-26-20(16)24)11(2)18(14)25-3/h7,12-13H,4-6,8-9,21H2,1-3H3,(H,22,23)/b10-7+. The molecular weight excluding hydrogens is 334 g/mol. The number of carbonyl (C=O) groups excluding carboxylic acids is 1. The van der Waals surface area contributed by atoms with Crippen LogP contribution in [-0.4, -0.2) is 24.2 Å². The summed E-state index contributed by atoms with van der Waals surface area (Å²) in [5.74, 6) is -0.715. The van der Waals surface area contributed by atoms with Crippen LogP contribution in [0.4, 0.5) is 5.69 Å². The quantitative estimate of drug-likeness (QED) is 0.476. The third-order valence-corrected chi connectivity index (χ3v) is 5.77. The number of rotatable bonds is 5. The molecule has 1 saturated carbocycles. The van der Waals surface area contributed by atoms with Gasteiger partial charge in [-0.3, -0.25) is 4.79 Å². The molecule has 6 nitrogen and oxygen atoms in total. The fraction of sp³-hybridized carbons (Fsp3) is 0.500. The Balaban J connectivity index is 1.95. The second-order valence-corrected chi connectivity index (χ2v) is 7.11. The smallest absolute Gasteiger partial charge is 0.341 e. The molecule has 3 rings (SSSR count). The van der Waals surface area contributed by atoms with E-state index in [4.69, 9.17) is 15.2 Å². The summed E-state index contributed by atoms with van der Waals surface area (Å²) in [6.45, 7) is 4.09. The van der Waals surface area contributed by atoms with Gasteiger partial charge in [-0.25, -0.2) is 4.79 Å². The summed E-state index contributed by atoms with van der Waals surface area (Å²) < 4.78 is 10.7. The van der Waals surface area contributed by atoms with Crippen molar-refractivity contribution in [2.75, 3.05) is 12.8 Å². The highest BCUT2D eigenvalue weighted by molar-refractivity contribution is 6.00. The molecule has 1 aliphatic heterocycles. The molecule has 0 bridgehead atoms. The number of carbonyl (C=O) groups is 2. The Bertz CT molecular complexity index is 796. The third-order valence-electron chi connectivity index (χ3n) is 5.77. The Morgan fingerprint density at radius 1 is 1.38 bits per heavy atom. The number of hydrogen-bond donors (Lipinski definition) is 2. The van der Waals surface area contributed by atoms with E-state index in [1.165, 1.54) is 0 Å². The molecular formula is C20H25NO5. The topological polar surface area (TPSA) is 98.9 Å². The van der Waals surface area contributed by atoms with Gasteiger partial charge in [0.25, 0.3) is 0 Å². The highest BCUT2D eigenvalue weighted by atomic mass is 16.5. The summed E-state index contributed by atoms with van der Waals surface area (Å²) in [7, 11) is 1.59. The zero-order valence-electron chi connectivity index (χ0n) is 15.4. The van der Waals surface area contributed by atoms with Gasteiger partial charge in [0.1, 0.15) is 12.4 Å².